The first-order valence-corrected chi connectivity index (χ1v) is 9.41. The highest BCUT2D eigenvalue weighted by Crippen LogP contribution is 2.21. The SMILES string of the molecule is CO[C@@H](C)C(=O)N(C)c1ccc(N/C=C(\N=N)c2cc3cc(F)ccc3[nH]c2=O)cc1. The third-order valence-electron chi connectivity index (χ3n) is 4.86. The average molecular weight is 423 g/mol. The molecule has 8 nitrogen and oxygen atoms in total. The fourth-order valence-electron chi connectivity index (χ4n) is 2.97. The van der Waals surface area contributed by atoms with E-state index in [9.17, 15) is 14.0 Å². The number of carbonyl (C=O) groups is 1. The van der Waals surface area contributed by atoms with Crippen molar-refractivity contribution in [2.75, 3.05) is 24.4 Å². The molecule has 1 amide bonds. The Bertz CT molecular complexity index is 1200. The molecule has 3 N–H and O–H groups in total. The van der Waals surface area contributed by atoms with Crippen LogP contribution in [-0.2, 0) is 9.53 Å². The number of pyridine rings is 1. The number of nitrogens with one attached hydrogen (secondary N) is 3. The number of nitrogens with zero attached hydrogens (tertiary/aromatic N) is 2. The van der Waals surface area contributed by atoms with Gasteiger partial charge >= 0.3 is 0 Å². The van der Waals surface area contributed by atoms with Crippen molar-refractivity contribution in [2.24, 2.45) is 5.11 Å². The molecule has 0 aliphatic rings. The summed E-state index contributed by atoms with van der Waals surface area (Å²) in [6.45, 7) is 1.67. The number of likely N-dealkylation sites (N-methyl/N-ethyl adjacent to an activating group) is 1. The zero-order chi connectivity index (χ0) is 22.5. The maximum atomic E-state index is 13.5. The zero-order valence-corrected chi connectivity index (χ0v) is 17.3. The summed E-state index contributed by atoms with van der Waals surface area (Å²) in [5, 5.41) is 6.90. The standard InChI is InChI=1S/C22H22FN5O3/c1-13(31-3)22(30)28(2)17-7-5-16(6-8-17)25-12-20(27-24)18-11-14-10-15(23)4-9-19(14)26-21(18)29/h4-13,24-25H,1-3H3,(H,26,29)/b20-12-,27-24?/t13-/m0/s1. The van der Waals surface area contributed by atoms with Gasteiger partial charge in [-0.25, -0.2) is 9.92 Å². The third-order valence-corrected chi connectivity index (χ3v) is 4.86. The minimum absolute atomic E-state index is 0.0812. The Hall–Kier alpha value is -3.85. The summed E-state index contributed by atoms with van der Waals surface area (Å²) < 4.78 is 18.6. The van der Waals surface area contributed by atoms with Gasteiger partial charge in [-0.15, -0.1) is 0 Å². The van der Waals surface area contributed by atoms with Gasteiger partial charge in [-0.1, -0.05) is 0 Å². The molecule has 0 aliphatic heterocycles. The second kappa shape index (κ2) is 9.31. The van der Waals surface area contributed by atoms with Gasteiger partial charge in [0.25, 0.3) is 11.5 Å². The number of rotatable bonds is 7. The normalized spacial score (nSPS) is 12.5. The van der Waals surface area contributed by atoms with Crippen molar-refractivity contribution in [1.29, 1.82) is 5.53 Å². The van der Waals surface area contributed by atoms with Crippen LogP contribution in [0.3, 0.4) is 0 Å². The molecule has 0 saturated heterocycles. The molecular weight excluding hydrogens is 401 g/mol. The fourth-order valence-corrected chi connectivity index (χ4v) is 2.97. The highest BCUT2D eigenvalue weighted by atomic mass is 19.1. The van der Waals surface area contributed by atoms with Crippen molar-refractivity contribution < 1.29 is 13.9 Å². The van der Waals surface area contributed by atoms with Crippen molar-refractivity contribution in [1.82, 2.24) is 4.98 Å². The summed E-state index contributed by atoms with van der Waals surface area (Å²) in [4.78, 5) is 28.7. The van der Waals surface area contributed by atoms with Crippen LogP contribution in [0.1, 0.15) is 12.5 Å². The number of fused-ring (bicyclic) bond motifs is 1. The van der Waals surface area contributed by atoms with Gasteiger partial charge in [0.1, 0.15) is 17.6 Å². The molecule has 31 heavy (non-hydrogen) atoms. The van der Waals surface area contributed by atoms with Crippen LogP contribution in [0.25, 0.3) is 16.6 Å². The number of ether oxygens (including phenoxy) is 1. The van der Waals surface area contributed by atoms with Gasteiger partial charge in [0.2, 0.25) is 0 Å². The third kappa shape index (κ3) is 4.84. The molecule has 3 aromatic rings. The minimum Gasteiger partial charge on any atom is -0.372 e. The average Bonchev–Trinajstić information content (AvgIpc) is 2.78. The van der Waals surface area contributed by atoms with E-state index in [-0.39, 0.29) is 17.2 Å². The lowest BCUT2D eigenvalue weighted by atomic mass is 10.1. The van der Waals surface area contributed by atoms with E-state index < -0.39 is 17.5 Å². The Kier molecular flexibility index (Phi) is 6.56. The van der Waals surface area contributed by atoms with Gasteiger partial charge < -0.3 is 19.9 Å². The smallest absolute Gasteiger partial charge is 0.258 e. The van der Waals surface area contributed by atoms with Crippen LogP contribution in [-0.4, -0.2) is 31.2 Å². The van der Waals surface area contributed by atoms with Crippen LogP contribution in [0.2, 0.25) is 0 Å². The van der Waals surface area contributed by atoms with Crippen LogP contribution in [0.5, 0.6) is 0 Å². The Morgan fingerprint density at radius 1 is 1.26 bits per heavy atom. The fraction of sp³-hybridized carbons (Fsp3) is 0.182. The van der Waals surface area contributed by atoms with Gasteiger partial charge in [0, 0.05) is 42.6 Å². The van der Waals surface area contributed by atoms with E-state index in [1.807, 2.05) is 0 Å². The number of methoxy groups -OCH3 is 1. The second-order valence-electron chi connectivity index (χ2n) is 6.85. The van der Waals surface area contributed by atoms with E-state index in [1.54, 1.807) is 38.2 Å². The minimum atomic E-state index is -0.555. The van der Waals surface area contributed by atoms with Gasteiger partial charge in [-0.3, -0.25) is 9.59 Å². The molecule has 0 unspecified atom stereocenters. The molecule has 0 aliphatic carbocycles. The van der Waals surface area contributed by atoms with Crippen molar-refractivity contribution >= 4 is 33.9 Å². The molecule has 0 radical (unpaired) electrons. The summed E-state index contributed by atoms with van der Waals surface area (Å²) in [6.07, 6.45) is 0.861. The number of aromatic nitrogens is 1. The molecule has 0 fully saturated rings. The van der Waals surface area contributed by atoms with Gasteiger partial charge in [0.15, 0.2) is 0 Å². The summed E-state index contributed by atoms with van der Waals surface area (Å²) >= 11 is 0. The van der Waals surface area contributed by atoms with Crippen molar-refractivity contribution in [3.8, 4) is 0 Å². The number of aromatic amines is 1. The maximum Gasteiger partial charge on any atom is 0.258 e. The molecule has 2 aromatic carbocycles. The number of hydrogen-bond donors (Lipinski definition) is 3. The Morgan fingerprint density at radius 3 is 2.61 bits per heavy atom. The number of amides is 1. The molecule has 0 bridgehead atoms. The van der Waals surface area contributed by atoms with Crippen LogP contribution in [0.4, 0.5) is 15.8 Å². The molecule has 3 rings (SSSR count). The van der Waals surface area contributed by atoms with Crippen molar-refractivity contribution in [3.63, 3.8) is 0 Å². The first kappa shape index (κ1) is 21.8. The van der Waals surface area contributed by atoms with E-state index in [0.29, 0.717) is 22.3 Å². The Labute approximate surface area is 177 Å². The first-order chi connectivity index (χ1) is 14.8. The monoisotopic (exact) mass is 423 g/mol. The van der Waals surface area contributed by atoms with E-state index in [2.05, 4.69) is 15.4 Å². The number of anilines is 2. The topological polar surface area (TPSA) is 111 Å². The predicted octanol–water partition coefficient (Wildman–Crippen LogP) is 4.11. The number of H-pyrrole nitrogens is 1. The Balaban J connectivity index is 1.82. The number of carbonyl (C=O) groups excluding carboxylic acids is 1. The van der Waals surface area contributed by atoms with Crippen LogP contribution in [0.15, 0.2) is 64.6 Å². The molecule has 9 heteroatoms. The highest BCUT2D eigenvalue weighted by molar-refractivity contribution is 5.96. The van der Waals surface area contributed by atoms with Gasteiger partial charge in [-0.05, 0) is 55.5 Å². The number of benzene rings is 2. The predicted molar refractivity (Wildman–Crippen MR) is 118 cm³/mol. The number of halogens is 1. The highest BCUT2D eigenvalue weighted by Gasteiger charge is 2.18. The summed E-state index contributed by atoms with van der Waals surface area (Å²) in [5.74, 6) is -0.606. The molecule has 160 valence electrons. The van der Waals surface area contributed by atoms with Crippen LogP contribution in [0, 0.1) is 11.3 Å². The lowest BCUT2D eigenvalue weighted by molar-refractivity contribution is -0.127. The van der Waals surface area contributed by atoms with Crippen molar-refractivity contribution in [3.05, 3.63) is 76.5 Å². The summed E-state index contributed by atoms with van der Waals surface area (Å²) in [7, 11) is 3.13. The first-order valence-electron chi connectivity index (χ1n) is 9.41. The van der Waals surface area contributed by atoms with E-state index >= 15 is 0 Å². The van der Waals surface area contributed by atoms with Gasteiger partial charge in [0.05, 0.1) is 5.56 Å². The molecule has 1 aromatic heterocycles. The lowest BCUT2D eigenvalue weighted by Gasteiger charge is -2.20. The van der Waals surface area contributed by atoms with Crippen LogP contribution < -0.4 is 15.8 Å². The quantitative estimate of drug-likeness (QED) is 0.497. The molecule has 0 spiro atoms. The maximum absolute atomic E-state index is 13.5. The Morgan fingerprint density at radius 2 is 1.97 bits per heavy atom. The molecule has 1 heterocycles. The van der Waals surface area contributed by atoms with Crippen LogP contribution >= 0.6 is 0 Å². The van der Waals surface area contributed by atoms with Crippen molar-refractivity contribution in [2.45, 2.75) is 13.0 Å². The second-order valence-corrected chi connectivity index (χ2v) is 6.85. The largest absolute Gasteiger partial charge is 0.372 e. The van der Waals surface area contributed by atoms with E-state index in [1.165, 1.54) is 42.5 Å². The van der Waals surface area contributed by atoms with E-state index in [4.69, 9.17) is 10.3 Å². The summed E-state index contributed by atoms with van der Waals surface area (Å²) in [6, 6.07) is 12.5. The molecule has 1 atom stereocenters. The zero-order valence-electron chi connectivity index (χ0n) is 17.3. The van der Waals surface area contributed by atoms with Gasteiger partial charge in [-0.2, -0.15) is 5.11 Å². The molecule has 0 saturated carbocycles. The van der Waals surface area contributed by atoms with E-state index in [0.717, 1.165) is 0 Å². The summed E-state index contributed by atoms with van der Waals surface area (Å²) in [5.41, 5.74) is 9.05. The number of hydrogen-bond acceptors (Lipinski definition) is 6. The molecular formula is C22H22FN5O3. The lowest BCUT2D eigenvalue weighted by Crippen LogP contribution is -2.35.